The molecule has 1 heteroatoms. The van der Waals surface area contributed by atoms with E-state index >= 15 is 0 Å². The zero-order valence-corrected chi connectivity index (χ0v) is 9.23. The molecule has 13 heavy (non-hydrogen) atoms. The number of nitrogens with zero attached hydrogens (tertiary/aromatic N) is 1. The van der Waals surface area contributed by atoms with E-state index in [2.05, 4.69) is 11.8 Å². The fourth-order valence-corrected chi connectivity index (χ4v) is 2.12. The lowest BCUT2D eigenvalue weighted by Gasteiger charge is -2.13. The molecule has 0 aromatic rings. The van der Waals surface area contributed by atoms with E-state index in [1.165, 1.54) is 71.0 Å². The minimum atomic E-state index is 1.37. The highest BCUT2D eigenvalue weighted by atomic mass is 15.1. The Kier molecular flexibility index (Phi) is 6.26. The van der Waals surface area contributed by atoms with Crippen molar-refractivity contribution >= 4 is 0 Å². The van der Waals surface area contributed by atoms with Gasteiger partial charge in [0.15, 0.2) is 0 Å². The SMILES string of the molecule is CCCCCCCCN1CCCC1. The summed E-state index contributed by atoms with van der Waals surface area (Å²) in [5, 5.41) is 0. The van der Waals surface area contributed by atoms with E-state index in [4.69, 9.17) is 0 Å². The molecule has 0 aliphatic carbocycles. The molecule has 0 radical (unpaired) electrons. The summed E-state index contributed by atoms with van der Waals surface area (Å²) in [5.41, 5.74) is 0. The summed E-state index contributed by atoms with van der Waals surface area (Å²) in [5.74, 6) is 0. The van der Waals surface area contributed by atoms with Crippen molar-refractivity contribution < 1.29 is 0 Å². The van der Waals surface area contributed by atoms with Crippen molar-refractivity contribution in [1.29, 1.82) is 0 Å². The minimum Gasteiger partial charge on any atom is -0.303 e. The monoisotopic (exact) mass is 183 g/mol. The summed E-state index contributed by atoms with van der Waals surface area (Å²) in [4.78, 5) is 2.62. The molecule has 0 amide bonds. The lowest BCUT2D eigenvalue weighted by atomic mass is 10.1. The van der Waals surface area contributed by atoms with Crippen LogP contribution in [0.25, 0.3) is 0 Å². The van der Waals surface area contributed by atoms with Crippen LogP contribution in [0, 0.1) is 0 Å². The first-order valence-corrected chi connectivity index (χ1v) is 6.16. The van der Waals surface area contributed by atoms with E-state index in [1.54, 1.807) is 0 Å². The fourth-order valence-electron chi connectivity index (χ4n) is 2.12. The summed E-state index contributed by atoms with van der Waals surface area (Å²) in [6.45, 7) is 6.39. The lowest BCUT2D eigenvalue weighted by Crippen LogP contribution is -2.20. The second-order valence-corrected chi connectivity index (χ2v) is 4.32. The molecular formula is C12H25N. The van der Waals surface area contributed by atoms with Crippen LogP contribution in [0.4, 0.5) is 0 Å². The van der Waals surface area contributed by atoms with Gasteiger partial charge < -0.3 is 4.90 Å². The largest absolute Gasteiger partial charge is 0.303 e. The van der Waals surface area contributed by atoms with Crippen LogP contribution in [-0.4, -0.2) is 24.5 Å². The highest BCUT2D eigenvalue weighted by Gasteiger charge is 2.09. The Bertz CT molecular complexity index is 106. The van der Waals surface area contributed by atoms with Crippen LogP contribution in [0.1, 0.15) is 58.3 Å². The van der Waals surface area contributed by atoms with E-state index < -0.39 is 0 Å². The van der Waals surface area contributed by atoms with Crippen molar-refractivity contribution in [3.8, 4) is 0 Å². The summed E-state index contributed by atoms with van der Waals surface area (Å²) >= 11 is 0. The molecule has 78 valence electrons. The van der Waals surface area contributed by atoms with E-state index in [9.17, 15) is 0 Å². The first kappa shape index (κ1) is 11.0. The second-order valence-electron chi connectivity index (χ2n) is 4.32. The van der Waals surface area contributed by atoms with Crippen molar-refractivity contribution in [3.63, 3.8) is 0 Å². The molecule has 0 spiro atoms. The molecular weight excluding hydrogens is 158 g/mol. The van der Waals surface area contributed by atoms with Crippen LogP contribution in [0.5, 0.6) is 0 Å². The van der Waals surface area contributed by atoms with Gasteiger partial charge in [0, 0.05) is 0 Å². The van der Waals surface area contributed by atoms with Gasteiger partial charge in [0.2, 0.25) is 0 Å². The maximum atomic E-state index is 2.62. The molecule has 0 unspecified atom stereocenters. The Balaban J connectivity index is 1.78. The van der Waals surface area contributed by atoms with Crippen LogP contribution in [0.3, 0.4) is 0 Å². The van der Waals surface area contributed by atoms with E-state index in [1.807, 2.05) is 0 Å². The number of unbranched alkanes of at least 4 members (excludes halogenated alkanes) is 5. The predicted octanol–water partition coefficient (Wildman–Crippen LogP) is 3.44. The highest BCUT2D eigenvalue weighted by molar-refractivity contribution is 4.65. The lowest BCUT2D eigenvalue weighted by molar-refractivity contribution is 0.327. The van der Waals surface area contributed by atoms with Crippen LogP contribution in [-0.2, 0) is 0 Å². The molecule has 0 bridgehead atoms. The summed E-state index contributed by atoms with van der Waals surface area (Å²) in [7, 11) is 0. The van der Waals surface area contributed by atoms with Gasteiger partial charge in [-0.15, -0.1) is 0 Å². The highest BCUT2D eigenvalue weighted by Crippen LogP contribution is 2.10. The van der Waals surface area contributed by atoms with Crippen molar-refractivity contribution in [1.82, 2.24) is 4.90 Å². The van der Waals surface area contributed by atoms with Gasteiger partial charge in [-0.2, -0.15) is 0 Å². The molecule has 1 aliphatic heterocycles. The Hall–Kier alpha value is -0.0400. The van der Waals surface area contributed by atoms with E-state index in [0.29, 0.717) is 0 Å². The van der Waals surface area contributed by atoms with Gasteiger partial charge in [-0.05, 0) is 38.9 Å². The Labute approximate surface area is 83.5 Å². The molecule has 1 fully saturated rings. The van der Waals surface area contributed by atoms with Crippen LogP contribution >= 0.6 is 0 Å². The third-order valence-corrected chi connectivity index (χ3v) is 3.03. The van der Waals surface area contributed by atoms with Gasteiger partial charge in [0.25, 0.3) is 0 Å². The Morgan fingerprint density at radius 3 is 2.15 bits per heavy atom. The molecule has 0 N–H and O–H groups in total. The molecule has 1 nitrogen and oxygen atoms in total. The molecule has 0 saturated carbocycles. The maximum absolute atomic E-state index is 2.62. The van der Waals surface area contributed by atoms with Gasteiger partial charge in [0.05, 0.1) is 0 Å². The van der Waals surface area contributed by atoms with E-state index in [-0.39, 0.29) is 0 Å². The standard InChI is InChI=1S/C12H25N/c1-2-3-4-5-6-7-10-13-11-8-9-12-13/h2-12H2,1H3. The Morgan fingerprint density at radius 2 is 1.46 bits per heavy atom. The van der Waals surface area contributed by atoms with Gasteiger partial charge >= 0.3 is 0 Å². The first-order chi connectivity index (χ1) is 6.43. The van der Waals surface area contributed by atoms with Crippen LogP contribution in [0.15, 0.2) is 0 Å². The minimum absolute atomic E-state index is 1.37. The number of rotatable bonds is 7. The molecule has 1 heterocycles. The van der Waals surface area contributed by atoms with Crippen molar-refractivity contribution in [2.75, 3.05) is 19.6 Å². The van der Waals surface area contributed by atoms with Crippen molar-refractivity contribution in [3.05, 3.63) is 0 Å². The maximum Gasteiger partial charge on any atom is -0.00183 e. The fraction of sp³-hybridized carbons (Fsp3) is 1.00. The number of hydrogen-bond acceptors (Lipinski definition) is 1. The average Bonchev–Trinajstić information content (AvgIpc) is 2.63. The zero-order chi connectivity index (χ0) is 9.36. The van der Waals surface area contributed by atoms with Crippen LogP contribution < -0.4 is 0 Å². The topological polar surface area (TPSA) is 3.24 Å². The second kappa shape index (κ2) is 7.37. The number of hydrogen-bond donors (Lipinski definition) is 0. The smallest absolute Gasteiger partial charge is 0.00183 e. The summed E-state index contributed by atoms with van der Waals surface area (Å²) < 4.78 is 0. The summed E-state index contributed by atoms with van der Waals surface area (Å²) in [6, 6.07) is 0. The normalized spacial score (nSPS) is 18.2. The quantitative estimate of drug-likeness (QED) is 0.546. The van der Waals surface area contributed by atoms with Crippen molar-refractivity contribution in [2.24, 2.45) is 0 Å². The third kappa shape index (κ3) is 5.30. The molecule has 1 aliphatic rings. The average molecular weight is 183 g/mol. The molecule has 0 aromatic heterocycles. The van der Waals surface area contributed by atoms with Gasteiger partial charge in [-0.25, -0.2) is 0 Å². The molecule has 1 rings (SSSR count). The molecule has 1 saturated heterocycles. The molecule has 0 atom stereocenters. The summed E-state index contributed by atoms with van der Waals surface area (Å²) in [6.07, 6.45) is 11.5. The number of likely N-dealkylation sites (tertiary alicyclic amines) is 1. The predicted molar refractivity (Wildman–Crippen MR) is 59.1 cm³/mol. The van der Waals surface area contributed by atoms with Gasteiger partial charge in [-0.3, -0.25) is 0 Å². The van der Waals surface area contributed by atoms with Gasteiger partial charge in [-0.1, -0.05) is 39.0 Å². The first-order valence-electron chi connectivity index (χ1n) is 6.16. The third-order valence-electron chi connectivity index (χ3n) is 3.03. The zero-order valence-electron chi connectivity index (χ0n) is 9.23. The Morgan fingerprint density at radius 1 is 0.846 bits per heavy atom. The van der Waals surface area contributed by atoms with Crippen molar-refractivity contribution in [2.45, 2.75) is 58.3 Å². The van der Waals surface area contributed by atoms with Gasteiger partial charge in [0.1, 0.15) is 0 Å². The molecule has 0 aromatic carbocycles. The van der Waals surface area contributed by atoms with Crippen LogP contribution in [0.2, 0.25) is 0 Å². The van der Waals surface area contributed by atoms with E-state index in [0.717, 1.165) is 0 Å².